The van der Waals surface area contributed by atoms with Gasteiger partial charge in [0.1, 0.15) is 0 Å². The standard InChI is InChI=1S/C22H21N2O.C14H14N.Ir/c1-14-8-9-17-16-6-5-7-18(20(16)25-21(17)24-14)19-12-15(10-11-23-19)13-22(2,3)4;1-10-4-6-13(7-5-10)14-8-11(2)12(3)9-15-14;/h5-6,8-12H,13H2,1-4H3;4-6,8-9H,1-3H3;/q2*-1;/i1D3,13D2;1D3,2D3,3D3;. The van der Waals surface area contributed by atoms with Crippen molar-refractivity contribution in [3.05, 3.63) is 113 Å². The molecule has 0 unspecified atom stereocenters. The van der Waals surface area contributed by atoms with Crippen LogP contribution in [0.15, 0.2) is 77.5 Å². The first kappa shape index (κ1) is 16.7. The molecule has 0 saturated heterocycles. The van der Waals surface area contributed by atoms with Crippen LogP contribution < -0.4 is 0 Å². The monoisotopic (exact) mass is 732 g/mol. The molecule has 6 aromatic rings. The van der Waals surface area contributed by atoms with Crippen molar-refractivity contribution in [3.63, 3.8) is 0 Å². The molecule has 0 spiro atoms. The van der Waals surface area contributed by atoms with Gasteiger partial charge in [0.15, 0.2) is 0 Å². The summed E-state index contributed by atoms with van der Waals surface area (Å²) >= 11 is 0. The number of hydrogen-bond acceptors (Lipinski definition) is 4. The molecule has 4 heterocycles. The number of nitrogens with zero attached hydrogens (tertiary/aromatic N) is 3. The summed E-state index contributed by atoms with van der Waals surface area (Å²) in [6.45, 7) is -4.23. The summed E-state index contributed by atoms with van der Waals surface area (Å²) in [4.78, 5) is 12.6. The van der Waals surface area contributed by atoms with Gasteiger partial charge in [0, 0.05) is 62.8 Å². The number of aryl methyl sites for hydroxylation is 4. The van der Waals surface area contributed by atoms with Crippen LogP contribution in [0.25, 0.3) is 44.6 Å². The number of benzene rings is 2. The van der Waals surface area contributed by atoms with E-state index in [0.29, 0.717) is 33.4 Å². The average Bonchev–Trinajstić information content (AvgIpc) is 3.45. The molecule has 41 heavy (non-hydrogen) atoms. The van der Waals surface area contributed by atoms with Gasteiger partial charge in [-0.1, -0.05) is 61.8 Å². The summed E-state index contributed by atoms with van der Waals surface area (Å²) < 4.78 is 113. The number of fused-ring (bicyclic) bond motifs is 3. The van der Waals surface area contributed by atoms with E-state index in [1.165, 1.54) is 30.3 Å². The Morgan fingerprint density at radius 3 is 2.49 bits per heavy atom. The molecular weight excluding hydrogens is 683 g/mol. The van der Waals surface area contributed by atoms with Crippen molar-refractivity contribution in [2.24, 2.45) is 5.41 Å². The minimum atomic E-state index is -2.61. The average molecular weight is 732 g/mol. The third kappa shape index (κ3) is 7.16. The molecule has 0 aliphatic heterocycles. The number of furan rings is 1. The number of hydrogen-bond donors (Lipinski definition) is 0. The van der Waals surface area contributed by atoms with Gasteiger partial charge in [-0.05, 0) is 67.5 Å². The Bertz CT molecular complexity index is 2300. The van der Waals surface area contributed by atoms with Crippen LogP contribution in [-0.2, 0) is 26.5 Å². The molecule has 0 N–H and O–H groups in total. The van der Waals surface area contributed by atoms with Gasteiger partial charge in [-0.3, -0.25) is 0 Å². The van der Waals surface area contributed by atoms with Crippen LogP contribution in [-0.4, -0.2) is 15.0 Å². The zero-order chi connectivity index (χ0) is 40.2. The minimum absolute atomic E-state index is 0. The fourth-order valence-corrected chi connectivity index (χ4v) is 4.08. The summed E-state index contributed by atoms with van der Waals surface area (Å²) in [6.07, 6.45) is 1.03. The van der Waals surface area contributed by atoms with Crippen molar-refractivity contribution < 1.29 is 43.7 Å². The predicted molar refractivity (Wildman–Crippen MR) is 164 cm³/mol. The van der Waals surface area contributed by atoms with Gasteiger partial charge in [-0.15, -0.1) is 53.6 Å². The van der Waals surface area contributed by atoms with Gasteiger partial charge < -0.3 is 14.4 Å². The fraction of sp³-hybridized carbons (Fsp3) is 0.250. The van der Waals surface area contributed by atoms with Gasteiger partial charge in [0.25, 0.3) is 0 Å². The van der Waals surface area contributed by atoms with E-state index < -0.39 is 39.2 Å². The molecule has 6 rings (SSSR count). The molecule has 0 fully saturated rings. The van der Waals surface area contributed by atoms with Crippen molar-refractivity contribution in [2.45, 2.75) is 54.6 Å². The Morgan fingerprint density at radius 1 is 0.878 bits per heavy atom. The van der Waals surface area contributed by atoms with E-state index in [9.17, 15) is 0 Å². The van der Waals surface area contributed by atoms with Crippen molar-refractivity contribution in [1.82, 2.24) is 15.0 Å². The number of pyridine rings is 3. The Balaban J connectivity index is 0.000000247. The Kier molecular flexibility index (Phi) is 5.08. The van der Waals surface area contributed by atoms with Gasteiger partial charge in [-0.25, -0.2) is 4.98 Å². The van der Waals surface area contributed by atoms with Crippen molar-refractivity contribution in [2.75, 3.05) is 0 Å². The third-order valence-electron chi connectivity index (χ3n) is 5.83. The SMILES string of the molecule is [2H]C([2H])([2H])c1c[c-]c(-c2cc(C([2H])([2H])[2H])c(C([2H])([2H])[2H])cn2)cc1.[2H]C([2H])([2H])c1ccc2c(n1)oc1c(-c3cc(C([2H])([2H])C(C)(C)C)ccn3)[c-]ccc12.[Ir]. The summed E-state index contributed by atoms with van der Waals surface area (Å²) in [5.74, 6) is 0. The van der Waals surface area contributed by atoms with Crippen molar-refractivity contribution >= 4 is 22.1 Å². The van der Waals surface area contributed by atoms with Crippen LogP contribution in [0, 0.1) is 45.0 Å². The van der Waals surface area contributed by atoms with Crippen LogP contribution in [0.2, 0.25) is 0 Å². The fourth-order valence-electron chi connectivity index (χ4n) is 4.08. The molecule has 0 aliphatic carbocycles. The summed E-state index contributed by atoms with van der Waals surface area (Å²) in [7, 11) is 0. The van der Waals surface area contributed by atoms with E-state index in [-0.39, 0.29) is 53.9 Å². The molecule has 2 aromatic carbocycles. The summed E-state index contributed by atoms with van der Waals surface area (Å²) in [5, 5.41) is 1.48. The first-order chi connectivity index (χ1) is 24.7. The maximum Gasteiger partial charge on any atom is 0.216 e. The smallest absolute Gasteiger partial charge is 0.216 e. The number of rotatable bonds is 3. The first-order valence-electron chi connectivity index (χ1n) is 19.4. The van der Waals surface area contributed by atoms with Crippen molar-refractivity contribution in [1.29, 1.82) is 0 Å². The van der Waals surface area contributed by atoms with Crippen LogP contribution in [0.4, 0.5) is 0 Å². The van der Waals surface area contributed by atoms with Crippen LogP contribution >= 0.6 is 0 Å². The second-order valence-corrected chi connectivity index (χ2v) is 10.2. The van der Waals surface area contributed by atoms with Gasteiger partial charge in [-0.2, -0.15) is 0 Å². The normalized spacial score (nSPS) is 17.8. The Hall–Kier alpha value is -3.66. The van der Waals surface area contributed by atoms with E-state index in [1.54, 1.807) is 30.5 Å². The molecule has 5 heteroatoms. The molecule has 4 nitrogen and oxygen atoms in total. The second-order valence-electron chi connectivity index (χ2n) is 10.2. The molecule has 211 valence electrons. The molecule has 0 saturated carbocycles. The van der Waals surface area contributed by atoms with Gasteiger partial charge in [0.05, 0.1) is 5.58 Å². The second kappa shape index (κ2) is 12.5. The summed E-state index contributed by atoms with van der Waals surface area (Å²) in [5.41, 5.74) is 1.78. The molecule has 4 aromatic heterocycles. The minimum Gasteiger partial charge on any atom is -0.486 e. The molecule has 0 amide bonds. The van der Waals surface area contributed by atoms with Gasteiger partial charge in [0.2, 0.25) is 5.71 Å². The van der Waals surface area contributed by atoms with Crippen LogP contribution in [0.3, 0.4) is 0 Å². The van der Waals surface area contributed by atoms with E-state index in [1.807, 2.05) is 26.8 Å². The zero-order valence-corrected chi connectivity index (χ0v) is 24.9. The molecule has 0 aliphatic rings. The van der Waals surface area contributed by atoms with Gasteiger partial charge >= 0.3 is 0 Å². The maximum atomic E-state index is 8.55. The first-order valence-corrected chi connectivity index (χ1v) is 12.4. The van der Waals surface area contributed by atoms with Crippen molar-refractivity contribution in [3.8, 4) is 22.5 Å². The number of aromatic nitrogens is 3. The summed E-state index contributed by atoms with van der Waals surface area (Å²) in [6, 6.07) is 21.4. The van der Waals surface area contributed by atoms with E-state index >= 15 is 0 Å². The topological polar surface area (TPSA) is 51.8 Å². The molecule has 0 bridgehead atoms. The maximum absolute atomic E-state index is 8.55. The van der Waals surface area contributed by atoms with E-state index in [2.05, 4.69) is 27.1 Å². The Labute approximate surface area is 276 Å². The predicted octanol–water partition coefficient (Wildman–Crippen LogP) is 9.21. The zero-order valence-electron chi connectivity index (χ0n) is 36.5. The van der Waals surface area contributed by atoms with E-state index in [0.717, 1.165) is 11.6 Å². The molecule has 1 radical (unpaired) electrons. The van der Waals surface area contributed by atoms with E-state index in [4.69, 9.17) is 23.6 Å². The quantitative estimate of drug-likeness (QED) is 0.171. The third-order valence-corrected chi connectivity index (χ3v) is 5.83. The largest absolute Gasteiger partial charge is 0.486 e. The molecular formula is C36H35IrN3O-2. The molecule has 0 atom stereocenters. The van der Waals surface area contributed by atoms with Crippen LogP contribution in [0.5, 0.6) is 0 Å². The van der Waals surface area contributed by atoms with Crippen LogP contribution in [0.1, 0.15) is 67.9 Å². The Morgan fingerprint density at radius 2 is 1.76 bits per heavy atom.